The van der Waals surface area contributed by atoms with Crippen molar-refractivity contribution in [2.45, 2.75) is 6.54 Å². The maximum absolute atomic E-state index is 12.7. The van der Waals surface area contributed by atoms with Gasteiger partial charge in [0.2, 0.25) is 0 Å². The van der Waals surface area contributed by atoms with Crippen molar-refractivity contribution in [3.63, 3.8) is 0 Å². The van der Waals surface area contributed by atoms with Crippen LogP contribution < -0.4 is 10.2 Å². The first-order valence-corrected chi connectivity index (χ1v) is 10.9. The molecule has 0 bridgehead atoms. The lowest BCUT2D eigenvalue weighted by Gasteiger charge is -2.28. The van der Waals surface area contributed by atoms with Crippen molar-refractivity contribution < 1.29 is 9.53 Å². The number of carbonyl (C=O) groups excluding carboxylic acids is 1. The zero-order chi connectivity index (χ0) is 21.9. The number of hydrogen-bond acceptors (Lipinski definition) is 5. The third kappa shape index (κ3) is 4.30. The summed E-state index contributed by atoms with van der Waals surface area (Å²) >= 11 is 6.10. The molecule has 8 heteroatoms. The molecule has 0 atom stereocenters. The van der Waals surface area contributed by atoms with E-state index in [9.17, 15) is 4.79 Å². The van der Waals surface area contributed by atoms with Gasteiger partial charge in [0.15, 0.2) is 11.5 Å². The number of hydrogen-bond donors (Lipinski definition) is 1. The van der Waals surface area contributed by atoms with E-state index in [0.29, 0.717) is 28.6 Å². The molecule has 1 N–H and O–H groups in total. The molecule has 1 aliphatic rings. The van der Waals surface area contributed by atoms with Crippen LogP contribution in [0.2, 0.25) is 5.02 Å². The predicted molar refractivity (Wildman–Crippen MR) is 124 cm³/mol. The van der Waals surface area contributed by atoms with Gasteiger partial charge in [0.05, 0.1) is 13.2 Å². The fraction of sp³-hybridized carbons (Fsp3) is 0.208. The van der Waals surface area contributed by atoms with E-state index >= 15 is 0 Å². The normalized spacial score (nSPS) is 14.0. The Morgan fingerprint density at radius 2 is 1.84 bits per heavy atom. The summed E-state index contributed by atoms with van der Waals surface area (Å²) in [5.74, 6) is 0.520. The summed E-state index contributed by atoms with van der Waals surface area (Å²) in [4.78, 5) is 15.0. The Hall–Kier alpha value is -3.42. The van der Waals surface area contributed by atoms with Crippen molar-refractivity contribution >= 4 is 28.8 Å². The van der Waals surface area contributed by atoms with Gasteiger partial charge in [0.25, 0.3) is 5.91 Å². The minimum atomic E-state index is -0.155. The molecular formula is C24H22ClN5O2. The second-order valence-electron chi connectivity index (χ2n) is 7.63. The van der Waals surface area contributed by atoms with E-state index in [2.05, 4.69) is 32.5 Å². The maximum atomic E-state index is 12.7. The number of pyridine rings is 1. The van der Waals surface area contributed by atoms with E-state index in [4.69, 9.17) is 16.3 Å². The molecule has 3 heterocycles. The van der Waals surface area contributed by atoms with Crippen LogP contribution in [0, 0.1) is 0 Å². The van der Waals surface area contributed by atoms with Gasteiger partial charge in [-0.1, -0.05) is 35.9 Å². The summed E-state index contributed by atoms with van der Waals surface area (Å²) in [5, 5.41) is 12.1. The zero-order valence-electron chi connectivity index (χ0n) is 17.4. The van der Waals surface area contributed by atoms with Gasteiger partial charge in [-0.05, 0) is 42.0 Å². The third-order valence-electron chi connectivity index (χ3n) is 5.52. The van der Waals surface area contributed by atoms with E-state index in [0.717, 1.165) is 37.4 Å². The van der Waals surface area contributed by atoms with E-state index in [1.807, 2.05) is 40.8 Å². The molecule has 5 rings (SSSR count). The summed E-state index contributed by atoms with van der Waals surface area (Å²) in [6.07, 6.45) is 1.80. The van der Waals surface area contributed by atoms with E-state index in [-0.39, 0.29) is 5.91 Å². The first-order valence-electron chi connectivity index (χ1n) is 10.5. The molecular weight excluding hydrogens is 426 g/mol. The molecule has 2 aromatic carbocycles. The van der Waals surface area contributed by atoms with Crippen molar-refractivity contribution in [3.05, 3.63) is 83.0 Å². The molecule has 0 saturated carbocycles. The van der Waals surface area contributed by atoms with Crippen molar-refractivity contribution in [2.24, 2.45) is 0 Å². The van der Waals surface area contributed by atoms with Gasteiger partial charge in [0, 0.05) is 47.7 Å². The number of morpholine rings is 1. The molecule has 1 amide bonds. The molecule has 0 aliphatic carbocycles. The summed E-state index contributed by atoms with van der Waals surface area (Å²) < 4.78 is 7.24. The van der Waals surface area contributed by atoms with Crippen LogP contribution in [0.3, 0.4) is 0 Å². The first kappa shape index (κ1) is 20.5. The van der Waals surface area contributed by atoms with E-state index < -0.39 is 0 Å². The Bertz CT molecular complexity index is 1250. The number of ether oxygens (including phenoxy) is 1. The highest BCUT2D eigenvalue weighted by molar-refractivity contribution is 6.30. The topological polar surface area (TPSA) is 71.8 Å². The Morgan fingerprint density at radius 3 is 2.62 bits per heavy atom. The Kier molecular flexibility index (Phi) is 5.75. The number of anilines is 1. The van der Waals surface area contributed by atoms with Crippen LogP contribution in [0.1, 0.15) is 15.9 Å². The van der Waals surface area contributed by atoms with Crippen LogP contribution in [0.25, 0.3) is 17.0 Å². The minimum absolute atomic E-state index is 0.155. The number of aromatic nitrogens is 3. The lowest BCUT2D eigenvalue weighted by atomic mass is 10.1. The molecule has 7 nitrogen and oxygen atoms in total. The van der Waals surface area contributed by atoms with Crippen molar-refractivity contribution in [1.82, 2.24) is 19.9 Å². The third-order valence-corrected chi connectivity index (χ3v) is 5.76. The monoisotopic (exact) mass is 447 g/mol. The minimum Gasteiger partial charge on any atom is -0.378 e. The van der Waals surface area contributed by atoms with Gasteiger partial charge in [-0.2, -0.15) is 0 Å². The van der Waals surface area contributed by atoms with Crippen molar-refractivity contribution in [2.75, 3.05) is 31.2 Å². The second-order valence-corrected chi connectivity index (χ2v) is 8.06. The quantitative estimate of drug-likeness (QED) is 0.503. The van der Waals surface area contributed by atoms with Gasteiger partial charge in [0.1, 0.15) is 0 Å². The van der Waals surface area contributed by atoms with Crippen LogP contribution in [0.4, 0.5) is 5.69 Å². The SMILES string of the molecule is O=C(NCc1ccc(N2CCOCC2)cc1)c1ccn2c(-c3cccc(Cl)c3)nnc2c1. The van der Waals surface area contributed by atoms with Gasteiger partial charge in [-0.3, -0.25) is 9.20 Å². The number of halogens is 1. The lowest BCUT2D eigenvalue weighted by molar-refractivity contribution is 0.0951. The van der Waals surface area contributed by atoms with Gasteiger partial charge < -0.3 is 15.0 Å². The van der Waals surface area contributed by atoms with Gasteiger partial charge >= 0.3 is 0 Å². The molecule has 1 saturated heterocycles. The summed E-state index contributed by atoms with van der Waals surface area (Å²) in [5.41, 5.74) is 4.22. The summed E-state index contributed by atoms with van der Waals surface area (Å²) in [7, 11) is 0. The first-order chi connectivity index (χ1) is 15.7. The van der Waals surface area contributed by atoms with Gasteiger partial charge in [-0.15, -0.1) is 10.2 Å². The number of nitrogens with zero attached hydrogens (tertiary/aromatic N) is 4. The maximum Gasteiger partial charge on any atom is 0.251 e. The van der Waals surface area contributed by atoms with Crippen LogP contribution in [-0.2, 0) is 11.3 Å². The molecule has 0 radical (unpaired) electrons. The number of rotatable bonds is 5. The fourth-order valence-electron chi connectivity index (χ4n) is 3.79. The average Bonchev–Trinajstić information content (AvgIpc) is 3.27. The smallest absolute Gasteiger partial charge is 0.251 e. The lowest BCUT2D eigenvalue weighted by Crippen LogP contribution is -2.36. The summed E-state index contributed by atoms with van der Waals surface area (Å²) in [6, 6.07) is 19.2. The molecule has 1 aliphatic heterocycles. The average molecular weight is 448 g/mol. The fourth-order valence-corrected chi connectivity index (χ4v) is 3.98. The number of nitrogens with one attached hydrogen (secondary N) is 1. The van der Waals surface area contributed by atoms with Crippen LogP contribution in [-0.4, -0.2) is 46.8 Å². The largest absolute Gasteiger partial charge is 0.378 e. The van der Waals surface area contributed by atoms with E-state index in [1.165, 1.54) is 5.69 Å². The molecule has 4 aromatic rings. The van der Waals surface area contributed by atoms with Crippen LogP contribution >= 0.6 is 11.6 Å². The Balaban J connectivity index is 1.26. The molecule has 32 heavy (non-hydrogen) atoms. The highest BCUT2D eigenvalue weighted by atomic mass is 35.5. The van der Waals surface area contributed by atoms with Crippen LogP contribution in [0.5, 0.6) is 0 Å². The number of amides is 1. The van der Waals surface area contributed by atoms with Crippen molar-refractivity contribution in [1.29, 1.82) is 0 Å². The standard InChI is InChI=1S/C24H22ClN5O2/c25-20-3-1-2-18(14-20)23-28-27-22-15-19(8-9-30(22)23)24(31)26-16-17-4-6-21(7-5-17)29-10-12-32-13-11-29/h1-9,14-15H,10-13,16H2,(H,26,31). The highest BCUT2D eigenvalue weighted by Crippen LogP contribution is 2.22. The molecule has 0 spiro atoms. The number of carbonyl (C=O) groups is 1. The van der Waals surface area contributed by atoms with Crippen LogP contribution in [0.15, 0.2) is 66.9 Å². The Morgan fingerprint density at radius 1 is 1.03 bits per heavy atom. The highest BCUT2D eigenvalue weighted by Gasteiger charge is 2.13. The van der Waals surface area contributed by atoms with Crippen molar-refractivity contribution in [3.8, 4) is 11.4 Å². The molecule has 0 unspecified atom stereocenters. The van der Waals surface area contributed by atoms with Gasteiger partial charge in [-0.25, -0.2) is 0 Å². The zero-order valence-corrected chi connectivity index (χ0v) is 18.1. The molecule has 162 valence electrons. The van der Waals surface area contributed by atoms with E-state index in [1.54, 1.807) is 18.3 Å². The number of benzene rings is 2. The number of fused-ring (bicyclic) bond motifs is 1. The second kappa shape index (κ2) is 8.98. The molecule has 1 fully saturated rings. The predicted octanol–water partition coefficient (Wildman–Crippen LogP) is 3.82. The summed E-state index contributed by atoms with van der Waals surface area (Å²) in [6.45, 7) is 3.78. The molecule has 2 aromatic heterocycles. The Labute approximate surface area is 190 Å².